The first kappa shape index (κ1) is 16.0. The lowest BCUT2D eigenvalue weighted by molar-refractivity contribution is -0.132. The lowest BCUT2D eigenvalue weighted by Gasteiger charge is -2.24. The number of aryl methyl sites for hydroxylation is 2. The predicted octanol–water partition coefficient (Wildman–Crippen LogP) is 1.95. The molecule has 1 fully saturated rings. The molecule has 7 nitrogen and oxygen atoms in total. The Morgan fingerprint density at radius 3 is 3.12 bits per heavy atom. The molecule has 3 aromatic rings. The molecule has 0 bridgehead atoms. The Labute approximate surface area is 148 Å². The number of carbonyl (C=O) groups excluding carboxylic acids is 1. The van der Waals surface area contributed by atoms with E-state index in [0.29, 0.717) is 24.0 Å². The molecule has 0 aromatic carbocycles. The number of hydrogen-bond acceptors (Lipinski definition) is 5. The van der Waals surface area contributed by atoms with Gasteiger partial charge < -0.3 is 4.90 Å². The highest BCUT2D eigenvalue weighted by atomic mass is 32.1. The second kappa shape index (κ2) is 6.44. The summed E-state index contributed by atoms with van der Waals surface area (Å²) in [6, 6.07) is 2.26. The van der Waals surface area contributed by atoms with Gasteiger partial charge in [0.1, 0.15) is 5.39 Å². The van der Waals surface area contributed by atoms with E-state index in [1.54, 1.807) is 23.1 Å². The summed E-state index contributed by atoms with van der Waals surface area (Å²) in [5.41, 5.74) is 1.62. The van der Waals surface area contributed by atoms with Crippen molar-refractivity contribution in [2.75, 3.05) is 6.54 Å². The lowest BCUT2D eigenvalue weighted by atomic mass is 10.1. The maximum absolute atomic E-state index is 12.7. The average Bonchev–Trinajstić information content (AvgIpc) is 3.34. The molecule has 1 amide bonds. The molecule has 0 N–H and O–H groups in total. The minimum absolute atomic E-state index is 0.0897. The molecule has 1 saturated heterocycles. The molecule has 0 unspecified atom stereocenters. The van der Waals surface area contributed by atoms with Crippen LogP contribution in [0.3, 0.4) is 0 Å². The Bertz CT molecular complexity index is 959. The van der Waals surface area contributed by atoms with Crippen LogP contribution in [0.2, 0.25) is 0 Å². The third-order valence-electron chi connectivity index (χ3n) is 4.79. The topological polar surface area (TPSA) is 73.0 Å². The van der Waals surface area contributed by atoms with E-state index in [0.717, 1.165) is 19.4 Å². The summed E-state index contributed by atoms with van der Waals surface area (Å²) in [5, 5.41) is 8.70. The number of hydrogen-bond donors (Lipinski definition) is 0. The first-order valence-corrected chi connectivity index (χ1v) is 9.28. The molecule has 4 rings (SSSR count). The molecule has 1 atom stereocenters. The van der Waals surface area contributed by atoms with Gasteiger partial charge in [0.15, 0.2) is 5.65 Å². The van der Waals surface area contributed by atoms with Crippen LogP contribution in [0.4, 0.5) is 0 Å². The van der Waals surface area contributed by atoms with Crippen molar-refractivity contribution in [1.82, 2.24) is 24.2 Å². The van der Waals surface area contributed by atoms with Crippen molar-refractivity contribution in [3.05, 3.63) is 45.3 Å². The van der Waals surface area contributed by atoms with Gasteiger partial charge in [-0.05, 0) is 35.2 Å². The highest BCUT2D eigenvalue weighted by molar-refractivity contribution is 7.07. The molecule has 0 radical (unpaired) electrons. The van der Waals surface area contributed by atoms with Gasteiger partial charge in [0, 0.05) is 26.6 Å². The van der Waals surface area contributed by atoms with E-state index in [2.05, 4.69) is 21.5 Å². The molecule has 1 aliphatic heterocycles. The second-order valence-corrected chi connectivity index (χ2v) is 7.08. The summed E-state index contributed by atoms with van der Waals surface area (Å²) < 4.78 is 3.07. The van der Waals surface area contributed by atoms with E-state index in [1.165, 1.54) is 22.7 Å². The van der Waals surface area contributed by atoms with Gasteiger partial charge in [0.05, 0.1) is 18.6 Å². The average molecular weight is 357 g/mol. The first-order valence-electron chi connectivity index (χ1n) is 8.34. The van der Waals surface area contributed by atoms with E-state index in [1.807, 2.05) is 10.3 Å². The molecule has 0 spiro atoms. The van der Waals surface area contributed by atoms with Gasteiger partial charge in [-0.15, -0.1) is 0 Å². The van der Waals surface area contributed by atoms with Crippen LogP contribution in [0.1, 0.15) is 30.9 Å². The molecule has 8 heteroatoms. The van der Waals surface area contributed by atoms with Crippen molar-refractivity contribution >= 4 is 28.3 Å². The first-order chi connectivity index (χ1) is 12.1. The van der Waals surface area contributed by atoms with Crippen molar-refractivity contribution < 1.29 is 4.79 Å². The minimum Gasteiger partial charge on any atom is -0.336 e. The second-order valence-electron chi connectivity index (χ2n) is 6.30. The minimum atomic E-state index is -0.151. The van der Waals surface area contributed by atoms with Gasteiger partial charge in [-0.2, -0.15) is 16.4 Å². The summed E-state index contributed by atoms with van der Waals surface area (Å²) >= 11 is 1.66. The Balaban J connectivity index is 1.49. The fourth-order valence-corrected chi connectivity index (χ4v) is 4.17. The zero-order valence-electron chi connectivity index (χ0n) is 14.0. The number of likely N-dealkylation sites (tertiary alicyclic amines) is 1. The maximum atomic E-state index is 12.7. The van der Waals surface area contributed by atoms with E-state index in [-0.39, 0.29) is 17.5 Å². The van der Waals surface area contributed by atoms with Crippen LogP contribution in [0.25, 0.3) is 11.0 Å². The number of amides is 1. The Kier molecular flexibility index (Phi) is 4.12. The predicted molar refractivity (Wildman–Crippen MR) is 95.4 cm³/mol. The van der Waals surface area contributed by atoms with Crippen molar-refractivity contribution in [3.8, 4) is 0 Å². The van der Waals surface area contributed by atoms with Gasteiger partial charge in [-0.3, -0.25) is 18.8 Å². The van der Waals surface area contributed by atoms with Crippen molar-refractivity contribution in [2.45, 2.75) is 31.8 Å². The van der Waals surface area contributed by atoms with Crippen molar-refractivity contribution in [1.29, 1.82) is 0 Å². The van der Waals surface area contributed by atoms with Crippen molar-refractivity contribution in [2.24, 2.45) is 7.05 Å². The number of fused-ring (bicyclic) bond motifs is 1. The zero-order valence-corrected chi connectivity index (χ0v) is 14.8. The monoisotopic (exact) mass is 357 g/mol. The standard InChI is InChI=1S/C17H19N5O2S/c1-20-16-13(9-19-20)17(24)21(11-18-16)7-4-15(23)22-6-2-3-14(22)12-5-8-25-10-12/h5,8-11,14H,2-4,6-7H2,1H3/t14-/m0/s1. The van der Waals surface area contributed by atoms with E-state index < -0.39 is 0 Å². The number of carbonyl (C=O) groups is 1. The van der Waals surface area contributed by atoms with Gasteiger partial charge >= 0.3 is 0 Å². The molecular formula is C17H19N5O2S. The normalized spacial score (nSPS) is 17.5. The molecule has 0 saturated carbocycles. The van der Waals surface area contributed by atoms with Gasteiger partial charge in [0.25, 0.3) is 5.56 Å². The Morgan fingerprint density at radius 2 is 2.32 bits per heavy atom. The largest absolute Gasteiger partial charge is 0.336 e. The lowest BCUT2D eigenvalue weighted by Crippen LogP contribution is -2.32. The molecule has 3 aromatic heterocycles. The third kappa shape index (κ3) is 2.86. The Morgan fingerprint density at radius 1 is 1.44 bits per heavy atom. The molecule has 1 aliphatic rings. The van der Waals surface area contributed by atoms with Crippen LogP contribution in [0, 0.1) is 0 Å². The maximum Gasteiger partial charge on any atom is 0.264 e. The SMILES string of the molecule is Cn1ncc2c(=O)n(CCC(=O)N3CCC[C@H]3c3ccsc3)cnc21. The molecule has 0 aliphatic carbocycles. The van der Waals surface area contributed by atoms with Crippen LogP contribution >= 0.6 is 11.3 Å². The third-order valence-corrected chi connectivity index (χ3v) is 5.49. The fourth-order valence-electron chi connectivity index (χ4n) is 3.46. The molecular weight excluding hydrogens is 338 g/mol. The zero-order chi connectivity index (χ0) is 17.4. The number of thiophene rings is 1. The molecule has 25 heavy (non-hydrogen) atoms. The van der Waals surface area contributed by atoms with Crippen LogP contribution in [0.5, 0.6) is 0 Å². The summed E-state index contributed by atoms with van der Waals surface area (Å²) in [7, 11) is 1.75. The summed E-state index contributed by atoms with van der Waals surface area (Å²) in [5.74, 6) is 0.0897. The summed E-state index contributed by atoms with van der Waals surface area (Å²) in [4.78, 5) is 31.4. The molecule has 4 heterocycles. The fraction of sp³-hybridized carbons (Fsp3) is 0.412. The Hall–Kier alpha value is -2.48. The van der Waals surface area contributed by atoms with Crippen LogP contribution < -0.4 is 5.56 Å². The van der Waals surface area contributed by atoms with Crippen LogP contribution in [0.15, 0.2) is 34.1 Å². The number of nitrogens with zero attached hydrogens (tertiary/aromatic N) is 5. The number of aromatic nitrogens is 4. The van der Waals surface area contributed by atoms with E-state index in [4.69, 9.17) is 0 Å². The van der Waals surface area contributed by atoms with Gasteiger partial charge in [-0.1, -0.05) is 0 Å². The summed E-state index contributed by atoms with van der Waals surface area (Å²) in [6.45, 7) is 1.12. The number of rotatable bonds is 4. The highest BCUT2D eigenvalue weighted by Crippen LogP contribution is 2.33. The van der Waals surface area contributed by atoms with Crippen LogP contribution in [-0.2, 0) is 18.4 Å². The molecule has 130 valence electrons. The summed E-state index contributed by atoms with van der Waals surface area (Å²) in [6.07, 6.45) is 5.35. The van der Waals surface area contributed by atoms with Crippen LogP contribution in [-0.4, -0.2) is 36.7 Å². The highest BCUT2D eigenvalue weighted by Gasteiger charge is 2.29. The van der Waals surface area contributed by atoms with E-state index >= 15 is 0 Å². The van der Waals surface area contributed by atoms with E-state index in [9.17, 15) is 9.59 Å². The van der Waals surface area contributed by atoms with Gasteiger partial charge in [-0.25, -0.2) is 4.98 Å². The quantitative estimate of drug-likeness (QED) is 0.715. The smallest absolute Gasteiger partial charge is 0.264 e. The van der Waals surface area contributed by atoms with Gasteiger partial charge in [0.2, 0.25) is 5.91 Å². The van der Waals surface area contributed by atoms with Crippen molar-refractivity contribution in [3.63, 3.8) is 0 Å².